The lowest BCUT2D eigenvalue weighted by atomic mass is 10.1. The second kappa shape index (κ2) is 6.92. The fourth-order valence-corrected chi connectivity index (χ4v) is 1.75. The van der Waals surface area contributed by atoms with Crippen LogP contribution >= 0.6 is 12.4 Å². The molecule has 1 atom stereocenters. The lowest BCUT2D eigenvalue weighted by Crippen LogP contribution is -2.50. The van der Waals surface area contributed by atoms with Crippen LogP contribution in [0.25, 0.3) is 0 Å². The Morgan fingerprint density at radius 1 is 1.39 bits per heavy atom. The number of imide groups is 1. The summed E-state index contributed by atoms with van der Waals surface area (Å²) in [5.41, 5.74) is 5.39. The van der Waals surface area contributed by atoms with E-state index in [9.17, 15) is 9.59 Å². The van der Waals surface area contributed by atoms with E-state index in [4.69, 9.17) is 5.73 Å². The number of carbonyl (C=O) groups excluding carboxylic acids is 2. The maximum Gasteiger partial charge on any atom is 0.321 e. The Hall–Kier alpha value is -0.850. The molecule has 0 bridgehead atoms. The summed E-state index contributed by atoms with van der Waals surface area (Å²) in [6, 6.07) is -0.308. The SMILES string of the molecule is CC(C)(C)NC(=O)NC(=O)CN1CCC(N)C1.Cl. The Kier molecular flexibility index (Phi) is 6.59. The molecule has 18 heavy (non-hydrogen) atoms. The van der Waals surface area contributed by atoms with Gasteiger partial charge in [0.25, 0.3) is 0 Å². The molecular weight excluding hydrogens is 256 g/mol. The first-order chi connectivity index (χ1) is 7.76. The number of urea groups is 1. The highest BCUT2D eigenvalue weighted by atomic mass is 35.5. The van der Waals surface area contributed by atoms with Crippen molar-refractivity contribution in [2.24, 2.45) is 5.73 Å². The van der Waals surface area contributed by atoms with E-state index in [1.807, 2.05) is 25.7 Å². The van der Waals surface area contributed by atoms with Crippen LogP contribution < -0.4 is 16.4 Å². The Balaban J connectivity index is 0.00000289. The Labute approximate surface area is 114 Å². The molecule has 1 fully saturated rings. The van der Waals surface area contributed by atoms with Crippen LogP contribution in [0.4, 0.5) is 4.79 Å². The van der Waals surface area contributed by atoms with Crippen LogP contribution in [0.1, 0.15) is 27.2 Å². The summed E-state index contributed by atoms with van der Waals surface area (Å²) in [6.07, 6.45) is 0.904. The number of halogens is 1. The monoisotopic (exact) mass is 278 g/mol. The molecule has 1 aliphatic heterocycles. The zero-order valence-corrected chi connectivity index (χ0v) is 12.0. The van der Waals surface area contributed by atoms with Gasteiger partial charge in [0.15, 0.2) is 0 Å². The molecule has 6 nitrogen and oxygen atoms in total. The number of hydrogen-bond acceptors (Lipinski definition) is 4. The molecule has 3 amide bonds. The molecule has 0 aliphatic carbocycles. The Morgan fingerprint density at radius 2 is 2.00 bits per heavy atom. The third kappa shape index (κ3) is 6.78. The molecule has 1 saturated heterocycles. The smallest absolute Gasteiger partial charge is 0.321 e. The van der Waals surface area contributed by atoms with Gasteiger partial charge in [0, 0.05) is 24.7 Å². The van der Waals surface area contributed by atoms with E-state index in [1.54, 1.807) is 0 Å². The zero-order chi connectivity index (χ0) is 13.1. The predicted octanol–water partition coefficient (Wildman–Crippen LogP) is 0.0655. The molecule has 0 spiro atoms. The molecule has 0 aromatic rings. The van der Waals surface area contributed by atoms with Crippen molar-refractivity contribution < 1.29 is 9.59 Å². The van der Waals surface area contributed by atoms with E-state index in [0.29, 0.717) is 6.54 Å². The van der Waals surface area contributed by atoms with Crippen molar-refractivity contribution in [3.05, 3.63) is 0 Å². The van der Waals surface area contributed by atoms with Gasteiger partial charge in [-0.15, -0.1) is 12.4 Å². The van der Waals surface area contributed by atoms with Crippen molar-refractivity contribution in [2.75, 3.05) is 19.6 Å². The standard InChI is InChI=1S/C11H22N4O2.ClH/c1-11(2,3)14-10(17)13-9(16)7-15-5-4-8(12)6-15;/h8H,4-7,12H2,1-3H3,(H2,13,14,16,17);1H. The topological polar surface area (TPSA) is 87.5 Å². The molecule has 0 saturated carbocycles. The van der Waals surface area contributed by atoms with Gasteiger partial charge in [0.1, 0.15) is 0 Å². The third-order valence-corrected chi connectivity index (χ3v) is 2.42. The van der Waals surface area contributed by atoms with Crippen molar-refractivity contribution >= 4 is 24.3 Å². The first-order valence-electron chi connectivity index (χ1n) is 5.86. The molecule has 106 valence electrons. The first kappa shape index (κ1) is 17.2. The number of likely N-dealkylation sites (tertiary alicyclic amines) is 1. The van der Waals surface area contributed by atoms with Crippen molar-refractivity contribution in [3.8, 4) is 0 Å². The van der Waals surface area contributed by atoms with E-state index in [-0.39, 0.29) is 36.4 Å². The second-order valence-corrected chi connectivity index (χ2v) is 5.54. The lowest BCUT2D eigenvalue weighted by molar-refractivity contribution is -0.120. The van der Waals surface area contributed by atoms with Crippen LogP contribution in [-0.2, 0) is 4.79 Å². The number of amides is 3. The van der Waals surface area contributed by atoms with Gasteiger partial charge in [0.05, 0.1) is 6.54 Å². The average molecular weight is 279 g/mol. The summed E-state index contributed by atoms with van der Waals surface area (Å²) in [5, 5.41) is 4.98. The number of carbonyl (C=O) groups is 2. The molecule has 0 radical (unpaired) electrons. The van der Waals surface area contributed by atoms with Crippen LogP contribution in [0.3, 0.4) is 0 Å². The van der Waals surface area contributed by atoms with Gasteiger partial charge in [-0.05, 0) is 27.2 Å². The molecule has 1 rings (SSSR count). The lowest BCUT2D eigenvalue weighted by Gasteiger charge is -2.21. The highest BCUT2D eigenvalue weighted by Gasteiger charge is 2.22. The van der Waals surface area contributed by atoms with E-state index in [0.717, 1.165) is 13.0 Å². The van der Waals surface area contributed by atoms with Crippen LogP contribution in [0.5, 0.6) is 0 Å². The van der Waals surface area contributed by atoms with Crippen molar-refractivity contribution in [2.45, 2.75) is 38.8 Å². The van der Waals surface area contributed by atoms with Gasteiger partial charge >= 0.3 is 6.03 Å². The average Bonchev–Trinajstić information content (AvgIpc) is 2.46. The maximum absolute atomic E-state index is 11.5. The minimum absolute atomic E-state index is 0. The zero-order valence-electron chi connectivity index (χ0n) is 11.2. The second-order valence-electron chi connectivity index (χ2n) is 5.54. The quantitative estimate of drug-likeness (QED) is 0.667. The number of nitrogens with one attached hydrogen (secondary N) is 2. The third-order valence-electron chi connectivity index (χ3n) is 2.42. The molecule has 0 aromatic carbocycles. The van der Waals surface area contributed by atoms with Gasteiger partial charge in [-0.25, -0.2) is 4.79 Å². The van der Waals surface area contributed by atoms with Gasteiger partial charge < -0.3 is 11.1 Å². The van der Waals surface area contributed by atoms with Crippen LogP contribution in [0, 0.1) is 0 Å². The summed E-state index contributed by atoms with van der Waals surface area (Å²) >= 11 is 0. The molecule has 1 unspecified atom stereocenters. The van der Waals surface area contributed by atoms with Gasteiger partial charge in [-0.2, -0.15) is 0 Å². The normalized spacial score (nSPS) is 20.1. The van der Waals surface area contributed by atoms with Crippen molar-refractivity contribution in [1.82, 2.24) is 15.5 Å². The molecule has 1 heterocycles. The van der Waals surface area contributed by atoms with Crippen LogP contribution in [0.15, 0.2) is 0 Å². The summed E-state index contributed by atoms with van der Waals surface area (Å²) in [7, 11) is 0. The molecular formula is C11H23ClN4O2. The van der Waals surface area contributed by atoms with E-state index in [2.05, 4.69) is 10.6 Å². The maximum atomic E-state index is 11.5. The molecule has 4 N–H and O–H groups in total. The Bertz CT molecular complexity index is 304. The fourth-order valence-electron chi connectivity index (χ4n) is 1.75. The molecule has 1 aliphatic rings. The predicted molar refractivity (Wildman–Crippen MR) is 72.7 cm³/mol. The number of rotatable bonds is 2. The Morgan fingerprint density at radius 3 is 2.44 bits per heavy atom. The van der Waals surface area contributed by atoms with Gasteiger partial charge in [0.2, 0.25) is 5.91 Å². The van der Waals surface area contributed by atoms with E-state index >= 15 is 0 Å². The highest BCUT2D eigenvalue weighted by Crippen LogP contribution is 2.05. The highest BCUT2D eigenvalue weighted by molar-refractivity contribution is 5.95. The van der Waals surface area contributed by atoms with Gasteiger partial charge in [-0.3, -0.25) is 15.0 Å². The number of hydrogen-bond donors (Lipinski definition) is 3. The van der Waals surface area contributed by atoms with Crippen LogP contribution in [0.2, 0.25) is 0 Å². The largest absolute Gasteiger partial charge is 0.333 e. The first-order valence-corrected chi connectivity index (χ1v) is 5.86. The number of nitrogens with two attached hydrogens (primary N) is 1. The summed E-state index contributed by atoms with van der Waals surface area (Å²) in [5.74, 6) is -0.291. The summed E-state index contributed by atoms with van der Waals surface area (Å²) in [6.45, 7) is 7.33. The minimum Gasteiger partial charge on any atom is -0.333 e. The van der Waals surface area contributed by atoms with Crippen LogP contribution in [-0.4, -0.2) is 48.1 Å². The van der Waals surface area contributed by atoms with E-state index in [1.165, 1.54) is 0 Å². The summed E-state index contributed by atoms with van der Waals surface area (Å²) < 4.78 is 0. The van der Waals surface area contributed by atoms with Gasteiger partial charge in [-0.1, -0.05) is 0 Å². The molecule has 0 aromatic heterocycles. The van der Waals surface area contributed by atoms with Crippen molar-refractivity contribution in [1.29, 1.82) is 0 Å². The fraction of sp³-hybridized carbons (Fsp3) is 0.818. The van der Waals surface area contributed by atoms with Crippen molar-refractivity contribution in [3.63, 3.8) is 0 Å². The minimum atomic E-state index is -0.453. The van der Waals surface area contributed by atoms with E-state index < -0.39 is 6.03 Å². The number of nitrogens with zero attached hydrogens (tertiary/aromatic N) is 1. The molecule has 7 heteroatoms. The summed E-state index contributed by atoms with van der Waals surface area (Å²) in [4.78, 5) is 24.9.